The van der Waals surface area contributed by atoms with Crippen LogP contribution in [0.4, 0.5) is 0 Å². The molecule has 0 unspecified atom stereocenters. The van der Waals surface area contributed by atoms with E-state index >= 15 is 0 Å². The highest BCUT2D eigenvalue weighted by Crippen LogP contribution is 2.15. The molecule has 18 heavy (non-hydrogen) atoms. The van der Waals surface area contributed by atoms with Crippen LogP contribution in [-0.2, 0) is 6.61 Å². The summed E-state index contributed by atoms with van der Waals surface area (Å²) in [5, 5.41) is 4.56. The molecule has 1 aromatic heterocycles. The van der Waals surface area contributed by atoms with E-state index in [1.807, 2.05) is 47.3 Å². The van der Waals surface area contributed by atoms with Crippen molar-refractivity contribution < 1.29 is 4.74 Å². The molecule has 96 valence electrons. The standard InChI is InChI=1S/C15H20N2O/c1-3-14(4-2)17-11-10-13(16-17)12-18-15-8-6-5-7-9-15/h5-11,14H,3-4,12H2,1-2H3. The van der Waals surface area contributed by atoms with Gasteiger partial charge in [-0.05, 0) is 31.0 Å². The Morgan fingerprint density at radius 3 is 2.50 bits per heavy atom. The van der Waals surface area contributed by atoms with Gasteiger partial charge >= 0.3 is 0 Å². The van der Waals surface area contributed by atoms with Crippen LogP contribution in [0.5, 0.6) is 5.75 Å². The van der Waals surface area contributed by atoms with E-state index in [-0.39, 0.29) is 0 Å². The monoisotopic (exact) mass is 244 g/mol. The molecule has 0 aliphatic heterocycles. The first-order chi connectivity index (χ1) is 8.83. The van der Waals surface area contributed by atoms with Crippen LogP contribution in [-0.4, -0.2) is 9.78 Å². The van der Waals surface area contributed by atoms with Crippen molar-refractivity contribution in [2.45, 2.75) is 39.3 Å². The molecule has 0 fully saturated rings. The molecule has 0 saturated carbocycles. The van der Waals surface area contributed by atoms with Crippen LogP contribution in [0, 0.1) is 0 Å². The summed E-state index contributed by atoms with van der Waals surface area (Å²) in [5.41, 5.74) is 0.978. The first kappa shape index (κ1) is 12.7. The van der Waals surface area contributed by atoms with Gasteiger partial charge in [0.05, 0.1) is 11.7 Å². The highest BCUT2D eigenvalue weighted by atomic mass is 16.5. The van der Waals surface area contributed by atoms with E-state index in [0.29, 0.717) is 12.6 Å². The average Bonchev–Trinajstić information content (AvgIpc) is 2.88. The van der Waals surface area contributed by atoms with Gasteiger partial charge in [0.1, 0.15) is 12.4 Å². The van der Waals surface area contributed by atoms with Gasteiger partial charge in [0.15, 0.2) is 0 Å². The number of hydrogen-bond donors (Lipinski definition) is 0. The molecule has 0 spiro atoms. The van der Waals surface area contributed by atoms with Crippen LogP contribution in [0.1, 0.15) is 38.4 Å². The van der Waals surface area contributed by atoms with E-state index in [1.54, 1.807) is 0 Å². The molecule has 0 aliphatic rings. The first-order valence-electron chi connectivity index (χ1n) is 6.55. The van der Waals surface area contributed by atoms with Crippen molar-refractivity contribution >= 4 is 0 Å². The fourth-order valence-electron chi connectivity index (χ4n) is 1.99. The van der Waals surface area contributed by atoms with Gasteiger partial charge in [-0.15, -0.1) is 0 Å². The minimum absolute atomic E-state index is 0.496. The summed E-state index contributed by atoms with van der Waals surface area (Å²) in [6.07, 6.45) is 4.26. The van der Waals surface area contributed by atoms with E-state index < -0.39 is 0 Å². The highest BCUT2D eigenvalue weighted by Gasteiger charge is 2.07. The molecule has 0 bridgehead atoms. The molecule has 1 heterocycles. The predicted molar refractivity (Wildman–Crippen MR) is 72.6 cm³/mol. The van der Waals surface area contributed by atoms with E-state index in [1.165, 1.54) is 0 Å². The van der Waals surface area contributed by atoms with Crippen molar-refractivity contribution in [3.8, 4) is 5.75 Å². The largest absolute Gasteiger partial charge is 0.487 e. The lowest BCUT2D eigenvalue weighted by Gasteiger charge is -2.12. The number of benzene rings is 1. The number of hydrogen-bond acceptors (Lipinski definition) is 2. The fourth-order valence-corrected chi connectivity index (χ4v) is 1.99. The molecule has 0 amide bonds. The minimum Gasteiger partial charge on any atom is -0.487 e. The molecule has 2 rings (SSSR count). The Kier molecular flexibility index (Phi) is 4.40. The average molecular weight is 244 g/mol. The summed E-state index contributed by atoms with van der Waals surface area (Å²) in [6, 6.07) is 12.4. The molecule has 3 nitrogen and oxygen atoms in total. The zero-order chi connectivity index (χ0) is 12.8. The van der Waals surface area contributed by atoms with Gasteiger partial charge in [-0.25, -0.2) is 0 Å². The number of ether oxygens (including phenoxy) is 1. The van der Waals surface area contributed by atoms with Crippen LogP contribution >= 0.6 is 0 Å². The van der Waals surface area contributed by atoms with Crippen molar-refractivity contribution in [2.24, 2.45) is 0 Å². The number of rotatable bonds is 6. The summed E-state index contributed by atoms with van der Waals surface area (Å²) in [4.78, 5) is 0. The van der Waals surface area contributed by atoms with Gasteiger partial charge in [-0.2, -0.15) is 5.10 Å². The van der Waals surface area contributed by atoms with Gasteiger partial charge in [0, 0.05) is 6.20 Å². The quantitative estimate of drug-likeness (QED) is 0.772. The van der Waals surface area contributed by atoms with Crippen LogP contribution in [0.15, 0.2) is 42.6 Å². The normalized spacial score (nSPS) is 10.8. The third-order valence-corrected chi connectivity index (χ3v) is 3.11. The molecule has 0 aliphatic carbocycles. The molecule has 0 radical (unpaired) electrons. The maximum Gasteiger partial charge on any atom is 0.132 e. The smallest absolute Gasteiger partial charge is 0.132 e. The molecular weight excluding hydrogens is 224 g/mol. The van der Waals surface area contributed by atoms with E-state index in [9.17, 15) is 0 Å². The van der Waals surface area contributed by atoms with Crippen LogP contribution in [0.3, 0.4) is 0 Å². The van der Waals surface area contributed by atoms with Gasteiger partial charge in [0.2, 0.25) is 0 Å². The predicted octanol–water partition coefficient (Wildman–Crippen LogP) is 3.82. The maximum atomic E-state index is 5.68. The lowest BCUT2D eigenvalue weighted by Crippen LogP contribution is -2.08. The van der Waals surface area contributed by atoms with Gasteiger partial charge in [-0.3, -0.25) is 4.68 Å². The lowest BCUT2D eigenvalue weighted by molar-refractivity contribution is 0.297. The van der Waals surface area contributed by atoms with Crippen molar-refractivity contribution in [2.75, 3.05) is 0 Å². The van der Waals surface area contributed by atoms with Gasteiger partial charge in [0.25, 0.3) is 0 Å². The second kappa shape index (κ2) is 6.24. The lowest BCUT2D eigenvalue weighted by atomic mass is 10.2. The van der Waals surface area contributed by atoms with E-state index in [2.05, 4.69) is 18.9 Å². The Morgan fingerprint density at radius 1 is 1.11 bits per heavy atom. The summed E-state index contributed by atoms with van der Waals surface area (Å²) in [5.74, 6) is 0.884. The molecule has 0 atom stereocenters. The third kappa shape index (κ3) is 3.13. The molecular formula is C15H20N2O. The zero-order valence-electron chi connectivity index (χ0n) is 11.0. The number of nitrogens with zero attached hydrogens (tertiary/aromatic N) is 2. The first-order valence-corrected chi connectivity index (χ1v) is 6.55. The Labute approximate surface area is 108 Å². The van der Waals surface area contributed by atoms with E-state index in [4.69, 9.17) is 4.74 Å². The summed E-state index contributed by atoms with van der Waals surface area (Å²) < 4.78 is 7.72. The van der Waals surface area contributed by atoms with Crippen LogP contribution < -0.4 is 4.74 Å². The third-order valence-electron chi connectivity index (χ3n) is 3.11. The Morgan fingerprint density at radius 2 is 1.83 bits per heavy atom. The van der Waals surface area contributed by atoms with Crippen molar-refractivity contribution in [3.05, 3.63) is 48.3 Å². The molecule has 3 heteroatoms. The second-order valence-electron chi connectivity index (χ2n) is 4.36. The van der Waals surface area contributed by atoms with Crippen LogP contribution in [0.2, 0.25) is 0 Å². The maximum absolute atomic E-state index is 5.68. The van der Waals surface area contributed by atoms with Crippen molar-refractivity contribution in [1.29, 1.82) is 0 Å². The van der Waals surface area contributed by atoms with Crippen LogP contribution in [0.25, 0.3) is 0 Å². The summed E-state index contributed by atoms with van der Waals surface area (Å²) >= 11 is 0. The summed E-state index contributed by atoms with van der Waals surface area (Å²) in [7, 11) is 0. The topological polar surface area (TPSA) is 27.1 Å². The summed E-state index contributed by atoms with van der Waals surface area (Å²) in [6.45, 7) is 4.91. The molecule has 1 aromatic carbocycles. The fraction of sp³-hybridized carbons (Fsp3) is 0.400. The SMILES string of the molecule is CCC(CC)n1ccc(COc2ccccc2)n1. The highest BCUT2D eigenvalue weighted by molar-refractivity contribution is 5.21. The number of para-hydroxylation sites is 1. The zero-order valence-corrected chi connectivity index (χ0v) is 11.0. The van der Waals surface area contributed by atoms with Gasteiger partial charge < -0.3 is 4.74 Å². The molecule has 0 N–H and O–H groups in total. The van der Waals surface area contributed by atoms with Gasteiger partial charge in [-0.1, -0.05) is 32.0 Å². The number of aromatic nitrogens is 2. The molecule has 2 aromatic rings. The second-order valence-corrected chi connectivity index (χ2v) is 4.36. The van der Waals surface area contributed by atoms with Crippen molar-refractivity contribution in [3.63, 3.8) is 0 Å². The Balaban J connectivity index is 1.95. The Hall–Kier alpha value is -1.77. The van der Waals surface area contributed by atoms with Crippen molar-refractivity contribution in [1.82, 2.24) is 9.78 Å². The molecule has 0 saturated heterocycles. The van der Waals surface area contributed by atoms with E-state index in [0.717, 1.165) is 24.3 Å². The minimum atomic E-state index is 0.496. The Bertz CT molecular complexity index is 460.